The topological polar surface area (TPSA) is 28.7 Å². The van der Waals surface area contributed by atoms with Crippen molar-refractivity contribution >= 4 is 11.0 Å². The van der Waals surface area contributed by atoms with Gasteiger partial charge in [0, 0.05) is 12.5 Å². The Hall–Kier alpha value is -1.31. The van der Waals surface area contributed by atoms with Crippen LogP contribution >= 0.6 is 0 Å². The Kier molecular flexibility index (Phi) is 11.2. The lowest BCUT2D eigenvalue weighted by atomic mass is 10.0. The van der Waals surface area contributed by atoms with Gasteiger partial charge in [-0.05, 0) is 12.5 Å². The number of aromatic nitrogens is 2. The first-order valence-corrected chi connectivity index (χ1v) is 11.3. The molecule has 2 rings (SSSR count). The number of imidazole rings is 1. The summed E-state index contributed by atoms with van der Waals surface area (Å²) < 4.78 is 0. The van der Waals surface area contributed by atoms with Crippen molar-refractivity contribution in [3.05, 3.63) is 30.1 Å². The third-order valence-corrected chi connectivity index (χ3v) is 5.38. The molecule has 0 fully saturated rings. The van der Waals surface area contributed by atoms with Crippen molar-refractivity contribution in [1.82, 2.24) is 9.97 Å². The molecule has 2 aromatic rings. The highest BCUT2D eigenvalue weighted by molar-refractivity contribution is 5.73. The maximum atomic E-state index is 4.61. The summed E-state index contributed by atoms with van der Waals surface area (Å²) in [6.07, 6.45) is 22.3. The molecule has 0 saturated heterocycles. The largest absolute Gasteiger partial charge is 0.342 e. The van der Waals surface area contributed by atoms with Crippen LogP contribution < -0.4 is 0 Å². The monoisotopic (exact) mass is 355 g/mol. The van der Waals surface area contributed by atoms with E-state index >= 15 is 0 Å². The Morgan fingerprint density at radius 1 is 0.769 bits per heavy atom. The van der Waals surface area contributed by atoms with Crippen LogP contribution in [0.5, 0.6) is 0 Å². The summed E-state index contributed by atoms with van der Waals surface area (Å²) in [6.45, 7) is 2.29. The Morgan fingerprint density at radius 3 is 1.85 bits per heavy atom. The highest BCUT2D eigenvalue weighted by atomic mass is 14.9. The first-order valence-electron chi connectivity index (χ1n) is 11.3. The van der Waals surface area contributed by atoms with Gasteiger partial charge in [-0.25, -0.2) is 4.98 Å². The lowest BCUT2D eigenvalue weighted by Gasteiger charge is -2.03. The quantitative estimate of drug-likeness (QED) is 0.306. The molecule has 1 heterocycles. The van der Waals surface area contributed by atoms with Gasteiger partial charge in [0.2, 0.25) is 0 Å². The first kappa shape index (κ1) is 21.0. The van der Waals surface area contributed by atoms with Crippen LogP contribution in [0.4, 0.5) is 0 Å². The highest BCUT2D eigenvalue weighted by Gasteiger charge is 2.01. The molecule has 0 unspecified atom stereocenters. The van der Waals surface area contributed by atoms with Crippen molar-refractivity contribution in [3.8, 4) is 0 Å². The van der Waals surface area contributed by atoms with Crippen LogP contribution in [0, 0.1) is 6.07 Å². The molecule has 145 valence electrons. The molecule has 2 heteroatoms. The van der Waals surface area contributed by atoms with Gasteiger partial charge >= 0.3 is 0 Å². The SMILES string of the molecule is CCCCCCCCCCCCCCCCCc1nc2[c]cccc2[nH]1. The second kappa shape index (κ2) is 13.8. The minimum Gasteiger partial charge on any atom is -0.342 e. The Labute approximate surface area is 161 Å². The fourth-order valence-corrected chi connectivity index (χ4v) is 3.72. The van der Waals surface area contributed by atoms with Gasteiger partial charge in [0.05, 0.1) is 11.0 Å². The molecule has 1 aromatic carbocycles. The molecule has 0 spiro atoms. The van der Waals surface area contributed by atoms with Gasteiger partial charge in [0.15, 0.2) is 0 Å². The summed E-state index contributed by atoms with van der Waals surface area (Å²) in [4.78, 5) is 8.01. The lowest BCUT2D eigenvalue weighted by Crippen LogP contribution is -1.89. The summed E-state index contributed by atoms with van der Waals surface area (Å²) in [5, 5.41) is 0. The van der Waals surface area contributed by atoms with Crippen LogP contribution in [0.1, 0.15) is 109 Å². The maximum Gasteiger partial charge on any atom is 0.107 e. The van der Waals surface area contributed by atoms with Crippen LogP contribution in [0.3, 0.4) is 0 Å². The van der Waals surface area contributed by atoms with Crippen LogP contribution in [0.25, 0.3) is 11.0 Å². The average Bonchev–Trinajstić information content (AvgIpc) is 3.07. The van der Waals surface area contributed by atoms with E-state index in [4.69, 9.17) is 0 Å². The number of para-hydroxylation sites is 1. The summed E-state index contributed by atoms with van der Waals surface area (Å²) in [5.41, 5.74) is 2.09. The second-order valence-electron chi connectivity index (χ2n) is 7.82. The van der Waals surface area contributed by atoms with Crippen LogP contribution in [-0.2, 0) is 6.42 Å². The summed E-state index contributed by atoms with van der Waals surface area (Å²) in [6, 6.07) is 9.20. The van der Waals surface area contributed by atoms with Crippen molar-refractivity contribution in [2.75, 3.05) is 0 Å². The molecule has 1 aromatic heterocycles. The molecule has 0 bridgehead atoms. The molecule has 0 aliphatic carbocycles. The van der Waals surface area contributed by atoms with E-state index in [1.807, 2.05) is 12.1 Å². The molecule has 1 N–H and O–H groups in total. The maximum absolute atomic E-state index is 4.61. The molecule has 0 aliphatic rings. The zero-order valence-electron chi connectivity index (χ0n) is 17.0. The number of benzene rings is 1. The second-order valence-corrected chi connectivity index (χ2v) is 7.82. The van der Waals surface area contributed by atoms with E-state index in [2.05, 4.69) is 29.0 Å². The van der Waals surface area contributed by atoms with E-state index in [1.165, 1.54) is 96.3 Å². The molecule has 0 saturated carbocycles. The van der Waals surface area contributed by atoms with E-state index in [1.54, 1.807) is 0 Å². The zero-order valence-corrected chi connectivity index (χ0v) is 17.0. The van der Waals surface area contributed by atoms with Crippen molar-refractivity contribution in [2.24, 2.45) is 0 Å². The zero-order chi connectivity index (χ0) is 18.3. The van der Waals surface area contributed by atoms with Gasteiger partial charge in [-0.2, -0.15) is 0 Å². The average molecular weight is 356 g/mol. The summed E-state index contributed by atoms with van der Waals surface area (Å²) in [5.74, 6) is 1.12. The molecular formula is C24H39N2. The minimum atomic E-state index is 0.975. The fourth-order valence-electron chi connectivity index (χ4n) is 3.72. The van der Waals surface area contributed by atoms with Gasteiger partial charge in [0.1, 0.15) is 5.82 Å². The molecule has 0 amide bonds. The summed E-state index contributed by atoms with van der Waals surface area (Å²) in [7, 11) is 0. The molecule has 0 aliphatic heterocycles. The number of nitrogens with zero attached hydrogens (tertiary/aromatic N) is 1. The van der Waals surface area contributed by atoms with E-state index < -0.39 is 0 Å². The van der Waals surface area contributed by atoms with E-state index in [9.17, 15) is 0 Å². The van der Waals surface area contributed by atoms with Gasteiger partial charge in [-0.15, -0.1) is 0 Å². The number of hydrogen-bond acceptors (Lipinski definition) is 1. The number of H-pyrrole nitrogens is 1. The van der Waals surface area contributed by atoms with Crippen molar-refractivity contribution in [1.29, 1.82) is 0 Å². The Morgan fingerprint density at radius 2 is 1.31 bits per heavy atom. The molecule has 2 nitrogen and oxygen atoms in total. The number of fused-ring (bicyclic) bond motifs is 1. The number of aryl methyl sites for hydroxylation is 1. The standard InChI is InChI=1S/C24H39N2/c1-2-3-4-5-6-7-8-9-10-11-12-13-14-15-16-21-24-25-22-19-17-18-20-23(22)26-24/h17-19H,2-16,21H2,1H3,(H,25,26). The van der Waals surface area contributed by atoms with Crippen LogP contribution in [0.15, 0.2) is 18.2 Å². The van der Waals surface area contributed by atoms with Gasteiger partial charge in [0.25, 0.3) is 0 Å². The predicted molar refractivity (Wildman–Crippen MR) is 114 cm³/mol. The highest BCUT2D eigenvalue weighted by Crippen LogP contribution is 2.15. The number of nitrogens with one attached hydrogen (secondary N) is 1. The van der Waals surface area contributed by atoms with Crippen molar-refractivity contribution in [2.45, 2.75) is 110 Å². The third kappa shape index (κ3) is 8.87. The third-order valence-electron chi connectivity index (χ3n) is 5.38. The smallest absolute Gasteiger partial charge is 0.107 e. The van der Waals surface area contributed by atoms with E-state index in [-0.39, 0.29) is 0 Å². The Balaban J connectivity index is 1.34. The Bertz CT molecular complexity index is 539. The van der Waals surface area contributed by atoms with E-state index in [0.29, 0.717) is 0 Å². The van der Waals surface area contributed by atoms with Gasteiger partial charge in [-0.1, -0.05) is 109 Å². The number of aromatic amines is 1. The number of rotatable bonds is 16. The first-order chi connectivity index (χ1) is 12.9. The molecule has 0 atom stereocenters. The predicted octanol–water partition coefficient (Wildman–Crippen LogP) is 7.78. The molecule has 26 heavy (non-hydrogen) atoms. The summed E-state index contributed by atoms with van der Waals surface area (Å²) >= 11 is 0. The molecular weight excluding hydrogens is 316 g/mol. The minimum absolute atomic E-state index is 0.975. The van der Waals surface area contributed by atoms with Gasteiger partial charge < -0.3 is 4.98 Å². The molecule has 1 radical (unpaired) electrons. The lowest BCUT2D eigenvalue weighted by molar-refractivity contribution is 0.531. The van der Waals surface area contributed by atoms with Crippen LogP contribution in [-0.4, -0.2) is 9.97 Å². The van der Waals surface area contributed by atoms with E-state index in [0.717, 1.165) is 23.3 Å². The normalized spacial score (nSPS) is 11.4. The fraction of sp³-hybridized carbons (Fsp3) is 0.708. The number of hydrogen-bond donors (Lipinski definition) is 1. The number of unbranched alkanes of at least 4 members (excludes halogenated alkanes) is 14. The van der Waals surface area contributed by atoms with Crippen molar-refractivity contribution < 1.29 is 0 Å². The van der Waals surface area contributed by atoms with Crippen molar-refractivity contribution in [3.63, 3.8) is 0 Å². The van der Waals surface area contributed by atoms with Crippen LogP contribution in [0.2, 0.25) is 0 Å². The van der Waals surface area contributed by atoms with Gasteiger partial charge in [-0.3, -0.25) is 0 Å².